The zero-order valence-electron chi connectivity index (χ0n) is 9.59. The molecule has 0 aromatic heterocycles. The van der Waals surface area contributed by atoms with Crippen molar-refractivity contribution in [3.63, 3.8) is 0 Å². The van der Waals surface area contributed by atoms with Gasteiger partial charge in [-0.1, -0.05) is 38.1 Å². The SMILES string of the molecule is CC1(C)CC1(N)C1CCc2ccccc21. The van der Waals surface area contributed by atoms with E-state index in [0.717, 1.165) is 0 Å². The molecule has 1 nitrogen and oxygen atoms in total. The molecule has 2 unspecified atom stereocenters. The smallest absolute Gasteiger partial charge is 0.0282 e. The highest BCUT2D eigenvalue weighted by Gasteiger charge is 2.63. The summed E-state index contributed by atoms with van der Waals surface area (Å²) in [6.45, 7) is 4.60. The Morgan fingerprint density at radius 3 is 2.60 bits per heavy atom. The van der Waals surface area contributed by atoms with E-state index in [-0.39, 0.29) is 5.54 Å². The third-order valence-corrected chi connectivity index (χ3v) is 4.62. The van der Waals surface area contributed by atoms with Crippen LogP contribution in [0.5, 0.6) is 0 Å². The zero-order chi connectivity index (χ0) is 10.7. The van der Waals surface area contributed by atoms with Crippen molar-refractivity contribution >= 4 is 0 Å². The van der Waals surface area contributed by atoms with E-state index in [1.54, 1.807) is 0 Å². The van der Waals surface area contributed by atoms with Crippen LogP contribution < -0.4 is 5.73 Å². The van der Waals surface area contributed by atoms with E-state index < -0.39 is 0 Å². The third kappa shape index (κ3) is 1.13. The van der Waals surface area contributed by atoms with Crippen LogP contribution in [0.3, 0.4) is 0 Å². The van der Waals surface area contributed by atoms with Gasteiger partial charge in [-0.25, -0.2) is 0 Å². The number of aryl methyl sites for hydroxylation is 1. The van der Waals surface area contributed by atoms with Gasteiger partial charge in [0.1, 0.15) is 0 Å². The van der Waals surface area contributed by atoms with Gasteiger partial charge in [-0.05, 0) is 35.8 Å². The largest absolute Gasteiger partial charge is 0.324 e. The molecule has 15 heavy (non-hydrogen) atoms. The topological polar surface area (TPSA) is 26.0 Å². The summed E-state index contributed by atoms with van der Waals surface area (Å²) >= 11 is 0. The molecule has 0 radical (unpaired) electrons. The summed E-state index contributed by atoms with van der Waals surface area (Å²) < 4.78 is 0. The first-order valence-electron chi connectivity index (χ1n) is 5.91. The van der Waals surface area contributed by atoms with Crippen molar-refractivity contribution in [1.82, 2.24) is 0 Å². The molecule has 1 fully saturated rings. The van der Waals surface area contributed by atoms with Gasteiger partial charge in [0.05, 0.1) is 0 Å². The number of benzene rings is 1. The summed E-state index contributed by atoms with van der Waals surface area (Å²) in [6, 6.07) is 8.82. The highest BCUT2D eigenvalue weighted by molar-refractivity contribution is 5.41. The molecule has 2 atom stereocenters. The monoisotopic (exact) mass is 201 g/mol. The zero-order valence-corrected chi connectivity index (χ0v) is 9.59. The Labute approximate surface area is 91.7 Å². The fraction of sp³-hybridized carbons (Fsp3) is 0.571. The molecule has 0 amide bonds. The van der Waals surface area contributed by atoms with Crippen molar-refractivity contribution in [2.24, 2.45) is 11.1 Å². The van der Waals surface area contributed by atoms with Crippen LogP contribution in [0.2, 0.25) is 0 Å². The van der Waals surface area contributed by atoms with Gasteiger partial charge in [0, 0.05) is 11.5 Å². The van der Waals surface area contributed by atoms with Crippen LogP contribution in [0.25, 0.3) is 0 Å². The summed E-state index contributed by atoms with van der Waals surface area (Å²) in [5.41, 5.74) is 10.00. The number of hydrogen-bond acceptors (Lipinski definition) is 1. The molecule has 0 bridgehead atoms. The number of fused-ring (bicyclic) bond motifs is 1. The molecular weight excluding hydrogens is 182 g/mol. The predicted octanol–water partition coefficient (Wildman–Crippen LogP) is 2.84. The molecule has 3 rings (SSSR count). The molecule has 2 aliphatic carbocycles. The Morgan fingerprint density at radius 2 is 1.93 bits per heavy atom. The van der Waals surface area contributed by atoms with Crippen molar-refractivity contribution < 1.29 is 0 Å². The van der Waals surface area contributed by atoms with Gasteiger partial charge in [-0.15, -0.1) is 0 Å². The quantitative estimate of drug-likeness (QED) is 0.743. The van der Waals surface area contributed by atoms with E-state index >= 15 is 0 Å². The fourth-order valence-corrected chi connectivity index (χ4v) is 3.37. The number of nitrogens with two attached hydrogens (primary N) is 1. The van der Waals surface area contributed by atoms with Crippen molar-refractivity contribution in [2.75, 3.05) is 0 Å². The maximum atomic E-state index is 6.54. The fourth-order valence-electron chi connectivity index (χ4n) is 3.37. The van der Waals surface area contributed by atoms with Crippen LogP contribution in [0.1, 0.15) is 43.7 Å². The summed E-state index contributed by atoms with van der Waals surface area (Å²) in [6.07, 6.45) is 3.65. The van der Waals surface area contributed by atoms with E-state index in [4.69, 9.17) is 5.73 Å². The molecule has 2 N–H and O–H groups in total. The van der Waals surface area contributed by atoms with E-state index in [9.17, 15) is 0 Å². The molecule has 0 aliphatic heterocycles. The number of hydrogen-bond donors (Lipinski definition) is 1. The molecular formula is C14H19N. The minimum Gasteiger partial charge on any atom is -0.324 e. The average molecular weight is 201 g/mol. The van der Waals surface area contributed by atoms with Gasteiger partial charge in [0.15, 0.2) is 0 Å². The highest BCUT2D eigenvalue weighted by Crippen LogP contribution is 2.63. The van der Waals surface area contributed by atoms with E-state index in [2.05, 4.69) is 38.1 Å². The molecule has 1 saturated carbocycles. The normalized spacial score (nSPS) is 36.3. The number of rotatable bonds is 1. The lowest BCUT2D eigenvalue weighted by molar-refractivity contribution is 0.413. The minimum absolute atomic E-state index is 0.0691. The van der Waals surface area contributed by atoms with E-state index in [1.165, 1.54) is 30.4 Å². The second kappa shape index (κ2) is 2.65. The lowest BCUT2D eigenvalue weighted by atomic mass is 9.86. The Morgan fingerprint density at radius 1 is 1.27 bits per heavy atom. The van der Waals surface area contributed by atoms with Gasteiger partial charge < -0.3 is 5.73 Å². The minimum atomic E-state index is 0.0691. The molecule has 1 heteroatoms. The highest BCUT2D eigenvalue weighted by atomic mass is 14.9. The second-order valence-electron chi connectivity index (χ2n) is 5.89. The first-order chi connectivity index (χ1) is 7.05. The Bertz CT molecular complexity index is 408. The molecule has 2 aliphatic rings. The lowest BCUT2D eigenvalue weighted by Crippen LogP contribution is -2.34. The molecule has 1 aromatic carbocycles. The predicted molar refractivity (Wildman–Crippen MR) is 62.8 cm³/mol. The first kappa shape index (κ1) is 9.41. The molecule has 0 heterocycles. The van der Waals surface area contributed by atoms with Crippen molar-refractivity contribution in [2.45, 2.75) is 44.6 Å². The molecule has 0 spiro atoms. The summed E-state index contributed by atoms with van der Waals surface area (Å²) in [7, 11) is 0. The summed E-state index contributed by atoms with van der Waals surface area (Å²) in [5.74, 6) is 0.601. The Kier molecular flexibility index (Phi) is 1.66. The lowest BCUT2D eigenvalue weighted by Gasteiger charge is -2.23. The maximum Gasteiger partial charge on any atom is 0.0282 e. The van der Waals surface area contributed by atoms with Crippen LogP contribution in [0.4, 0.5) is 0 Å². The van der Waals surface area contributed by atoms with Crippen molar-refractivity contribution in [3.05, 3.63) is 35.4 Å². The second-order valence-corrected chi connectivity index (χ2v) is 5.89. The summed E-state index contributed by atoms with van der Waals surface area (Å²) in [4.78, 5) is 0. The van der Waals surface area contributed by atoms with Gasteiger partial charge in [-0.3, -0.25) is 0 Å². The molecule has 80 valence electrons. The van der Waals surface area contributed by atoms with E-state index in [1.807, 2.05) is 0 Å². The van der Waals surface area contributed by atoms with Gasteiger partial charge in [0.25, 0.3) is 0 Å². The summed E-state index contributed by atoms with van der Waals surface area (Å²) in [5, 5.41) is 0. The Balaban J connectivity index is 1.99. The van der Waals surface area contributed by atoms with Crippen molar-refractivity contribution in [1.29, 1.82) is 0 Å². The standard InChI is InChI=1S/C14H19N/c1-13(2)9-14(13,15)12-8-7-10-5-3-4-6-11(10)12/h3-6,12H,7-9,15H2,1-2H3. The van der Waals surface area contributed by atoms with Crippen LogP contribution >= 0.6 is 0 Å². The van der Waals surface area contributed by atoms with Gasteiger partial charge in [0.2, 0.25) is 0 Å². The van der Waals surface area contributed by atoms with Crippen molar-refractivity contribution in [3.8, 4) is 0 Å². The van der Waals surface area contributed by atoms with Crippen LogP contribution in [0, 0.1) is 5.41 Å². The van der Waals surface area contributed by atoms with E-state index in [0.29, 0.717) is 11.3 Å². The van der Waals surface area contributed by atoms with Crippen LogP contribution in [0.15, 0.2) is 24.3 Å². The van der Waals surface area contributed by atoms with Crippen LogP contribution in [-0.4, -0.2) is 5.54 Å². The van der Waals surface area contributed by atoms with Gasteiger partial charge >= 0.3 is 0 Å². The molecule has 0 saturated heterocycles. The molecule has 1 aromatic rings. The maximum absolute atomic E-state index is 6.54. The third-order valence-electron chi connectivity index (χ3n) is 4.62. The first-order valence-corrected chi connectivity index (χ1v) is 5.91. The Hall–Kier alpha value is -0.820. The van der Waals surface area contributed by atoms with Crippen LogP contribution in [-0.2, 0) is 6.42 Å². The average Bonchev–Trinajstić information content (AvgIpc) is 2.61. The van der Waals surface area contributed by atoms with Gasteiger partial charge in [-0.2, -0.15) is 0 Å².